The fourth-order valence-electron chi connectivity index (χ4n) is 0.829. The van der Waals surface area contributed by atoms with Gasteiger partial charge in [-0.15, -0.1) is 0 Å². The first-order valence-electron chi connectivity index (χ1n) is 4.26. The molecule has 0 saturated carbocycles. The molecule has 0 aliphatic carbocycles. The number of ether oxygens (including phenoxy) is 2. The first kappa shape index (κ1) is 13.2. The van der Waals surface area contributed by atoms with E-state index in [2.05, 4.69) is 4.74 Å². The van der Waals surface area contributed by atoms with Gasteiger partial charge < -0.3 is 19.4 Å². The van der Waals surface area contributed by atoms with Crippen LogP contribution in [0.3, 0.4) is 0 Å². The molecule has 14 heavy (non-hydrogen) atoms. The minimum Gasteiger partial charge on any atom is -0.393 e. The highest BCUT2D eigenvalue weighted by molar-refractivity contribution is 5.56. The van der Waals surface area contributed by atoms with Crippen molar-refractivity contribution in [3.63, 3.8) is 0 Å². The van der Waals surface area contributed by atoms with Crippen molar-refractivity contribution in [2.24, 2.45) is 5.92 Å². The Bertz CT molecular complexity index is 194. The van der Waals surface area contributed by atoms with Crippen molar-refractivity contribution in [1.82, 2.24) is 0 Å². The molecule has 0 bridgehead atoms. The molecule has 1 unspecified atom stereocenters. The lowest BCUT2D eigenvalue weighted by Crippen LogP contribution is -2.44. The molecular formula is C9H16O5. The van der Waals surface area contributed by atoms with Crippen LogP contribution in [0.2, 0.25) is 0 Å². The molecule has 0 amide bonds. The predicted molar refractivity (Wildman–Crippen MR) is 48.7 cm³/mol. The summed E-state index contributed by atoms with van der Waals surface area (Å²) in [5.41, 5.74) is -1.09. The molecule has 0 aromatic carbocycles. The Hall–Kier alpha value is -0.780. The zero-order chi connectivity index (χ0) is 11.2. The van der Waals surface area contributed by atoms with Crippen LogP contribution in [-0.2, 0) is 19.1 Å². The number of rotatable bonds is 7. The molecular weight excluding hydrogens is 188 g/mol. The van der Waals surface area contributed by atoms with Gasteiger partial charge in [0.2, 0.25) is 6.29 Å². The minimum absolute atomic E-state index is 0.361. The Morgan fingerprint density at radius 1 is 1.43 bits per heavy atom. The summed E-state index contributed by atoms with van der Waals surface area (Å²) in [6.45, 7) is 2.78. The van der Waals surface area contributed by atoms with Crippen LogP contribution in [0.4, 0.5) is 0 Å². The van der Waals surface area contributed by atoms with Gasteiger partial charge in [0.1, 0.15) is 11.9 Å². The Labute approximate surface area is 83.0 Å². The highest BCUT2D eigenvalue weighted by Crippen LogP contribution is 2.21. The third-order valence-corrected chi connectivity index (χ3v) is 2.21. The van der Waals surface area contributed by atoms with E-state index in [-0.39, 0.29) is 6.61 Å². The third kappa shape index (κ3) is 3.17. The van der Waals surface area contributed by atoms with E-state index in [1.54, 1.807) is 13.8 Å². The maximum absolute atomic E-state index is 10.5. The van der Waals surface area contributed by atoms with Crippen LogP contribution >= 0.6 is 0 Å². The first-order valence-corrected chi connectivity index (χ1v) is 4.26. The normalized spacial score (nSPS) is 19.4. The lowest BCUT2D eigenvalue weighted by atomic mass is 9.93. The number of carbonyl (C=O) groups excluding carboxylic acids is 2. The van der Waals surface area contributed by atoms with E-state index in [1.165, 1.54) is 7.11 Å². The molecule has 0 aliphatic heterocycles. The average molecular weight is 204 g/mol. The number of aliphatic hydroxyl groups is 1. The van der Waals surface area contributed by atoms with Gasteiger partial charge in [0.25, 0.3) is 0 Å². The molecule has 0 spiro atoms. The van der Waals surface area contributed by atoms with Gasteiger partial charge in [0, 0.05) is 13.0 Å². The monoisotopic (exact) mass is 204 g/mol. The van der Waals surface area contributed by atoms with Crippen molar-refractivity contribution in [2.45, 2.75) is 25.7 Å². The molecule has 0 aromatic heterocycles. The molecule has 0 rings (SSSR count). The van der Waals surface area contributed by atoms with Crippen LogP contribution in [0, 0.1) is 5.92 Å². The Morgan fingerprint density at radius 3 is 2.29 bits per heavy atom. The number of aliphatic hydroxyl groups excluding tert-OH is 1. The Kier molecular flexibility index (Phi) is 5.52. The lowest BCUT2D eigenvalue weighted by molar-refractivity contribution is -0.209. The number of methoxy groups -OCH3 is 1. The van der Waals surface area contributed by atoms with Crippen LogP contribution in [-0.4, -0.2) is 43.3 Å². The van der Waals surface area contributed by atoms with Gasteiger partial charge in [-0.25, -0.2) is 0 Å². The molecule has 0 heterocycles. The second kappa shape index (κ2) is 5.85. The highest BCUT2D eigenvalue weighted by atomic mass is 16.7. The smallest absolute Gasteiger partial charge is 0.215 e. The van der Waals surface area contributed by atoms with Gasteiger partial charge in [-0.1, -0.05) is 6.92 Å². The molecule has 0 aromatic rings. The Balaban J connectivity index is 4.52. The number of hydrogen-bond donors (Lipinski definition) is 1. The topological polar surface area (TPSA) is 72.8 Å². The van der Waals surface area contributed by atoms with Crippen LogP contribution in [0.25, 0.3) is 0 Å². The van der Waals surface area contributed by atoms with E-state index >= 15 is 0 Å². The molecule has 0 radical (unpaired) electrons. The van der Waals surface area contributed by atoms with Gasteiger partial charge >= 0.3 is 0 Å². The molecule has 0 saturated heterocycles. The SMILES string of the molecule is CO[C@@H](C=O)OC(C)(CO)[C@H](C)C=O. The van der Waals surface area contributed by atoms with Crippen molar-refractivity contribution in [3.8, 4) is 0 Å². The largest absolute Gasteiger partial charge is 0.393 e. The zero-order valence-corrected chi connectivity index (χ0v) is 8.60. The zero-order valence-electron chi connectivity index (χ0n) is 8.60. The van der Waals surface area contributed by atoms with Gasteiger partial charge in [0.05, 0.1) is 6.61 Å². The highest BCUT2D eigenvalue weighted by Gasteiger charge is 2.34. The number of carbonyl (C=O) groups is 2. The fourth-order valence-corrected chi connectivity index (χ4v) is 0.829. The van der Waals surface area contributed by atoms with Crippen molar-refractivity contribution in [2.75, 3.05) is 13.7 Å². The summed E-state index contributed by atoms with van der Waals surface area (Å²) < 4.78 is 9.84. The van der Waals surface area contributed by atoms with Gasteiger partial charge in [0.15, 0.2) is 6.29 Å². The molecule has 5 nitrogen and oxygen atoms in total. The van der Waals surface area contributed by atoms with E-state index in [4.69, 9.17) is 9.84 Å². The molecule has 0 fully saturated rings. The van der Waals surface area contributed by atoms with Gasteiger partial charge in [-0.05, 0) is 6.92 Å². The first-order chi connectivity index (χ1) is 6.53. The van der Waals surface area contributed by atoms with E-state index in [0.29, 0.717) is 12.6 Å². The quantitative estimate of drug-likeness (QED) is 0.457. The predicted octanol–water partition coefficient (Wildman–Crippen LogP) is -0.240. The minimum atomic E-state index is -1.09. The second-order valence-corrected chi connectivity index (χ2v) is 3.25. The van der Waals surface area contributed by atoms with Crippen molar-refractivity contribution < 1.29 is 24.2 Å². The second-order valence-electron chi connectivity index (χ2n) is 3.25. The van der Waals surface area contributed by atoms with Crippen LogP contribution in [0.15, 0.2) is 0 Å². The summed E-state index contributed by atoms with van der Waals surface area (Å²) in [4.78, 5) is 21.0. The van der Waals surface area contributed by atoms with Crippen molar-refractivity contribution >= 4 is 12.6 Å². The average Bonchev–Trinajstić information content (AvgIpc) is 2.24. The van der Waals surface area contributed by atoms with Gasteiger partial charge in [-0.2, -0.15) is 0 Å². The van der Waals surface area contributed by atoms with Crippen molar-refractivity contribution in [3.05, 3.63) is 0 Å². The summed E-state index contributed by atoms with van der Waals surface area (Å²) in [7, 11) is 1.31. The van der Waals surface area contributed by atoms with Crippen LogP contribution < -0.4 is 0 Å². The number of aldehydes is 2. The van der Waals surface area contributed by atoms with E-state index in [9.17, 15) is 9.59 Å². The number of hydrogen-bond acceptors (Lipinski definition) is 5. The molecule has 5 heteroatoms. The molecule has 82 valence electrons. The summed E-state index contributed by atoms with van der Waals surface area (Å²) in [5.74, 6) is -0.523. The lowest BCUT2D eigenvalue weighted by Gasteiger charge is -2.32. The fraction of sp³-hybridized carbons (Fsp3) is 0.778. The summed E-state index contributed by atoms with van der Waals surface area (Å²) >= 11 is 0. The molecule has 1 N–H and O–H groups in total. The molecule has 0 aliphatic rings. The summed E-state index contributed by atoms with van der Waals surface area (Å²) in [5, 5.41) is 9.07. The maximum Gasteiger partial charge on any atom is 0.215 e. The summed E-state index contributed by atoms with van der Waals surface area (Å²) in [6.07, 6.45) is 0.0636. The summed E-state index contributed by atoms with van der Waals surface area (Å²) in [6, 6.07) is 0. The Morgan fingerprint density at radius 2 is 2.00 bits per heavy atom. The van der Waals surface area contributed by atoms with E-state index in [1.807, 2.05) is 0 Å². The maximum atomic E-state index is 10.5. The van der Waals surface area contributed by atoms with Crippen molar-refractivity contribution in [1.29, 1.82) is 0 Å². The van der Waals surface area contributed by atoms with Crippen LogP contribution in [0.1, 0.15) is 13.8 Å². The molecule has 3 atom stereocenters. The van der Waals surface area contributed by atoms with E-state index < -0.39 is 17.8 Å². The van der Waals surface area contributed by atoms with Gasteiger partial charge in [-0.3, -0.25) is 4.79 Å². The standard InChI is InChI=1S/C9H16O5/c1-7(4-10)9(2,6-12)14-8(5-11)13-3/h4-5,7-8,12H,6H2,1-3H3/t7-,8-,9?/m1/s1. The van der Waals surface area contributed by atoms with E-state index in [0.717, 1.165) is 0 Å². The third-order valence-electron chi connectivity index (χ3n) is 2.21. The van der Waals surface area contributed by atoms with Crippen LogP contribution in [0.5, 0.6) is 0 Å².